The zero-order valence-electron chi connectivity index (χ0n) is 12.2. The minimum absolute atomic E-state index is 0.133. The molecule has 0 atom stereocenters. The van der Waals surface area contributed by atoms with Crippen LogP contribution in [-0.2, 0) is 14.8 Å². The topological polar surface area (TPSA) is 55.8 Å². The van der Waals surface area contributed by atoms with Gasteiger partial charge < -0.3 is 9.47 Å². The SMILES string of the molecule is CCOc1cc(C)c(S(=O)(=O)N2CCCOC2)cc1C. The van der Waals surface area contributed by atoms with Crippen molar-refractivity contribution in [3.8, 4) is 5.75 Å². The van der Waals surface area contributed by atoms with Crippen molar-refractivity contribution in [2.75, 3.05) is 26.5 Å². The molecule has 0 N–H and O–H groups in total. The number of nitrogens with zero attached hydrogens (tertiary/aromatic N) is 1. The Morgan fingerprint density at radius 1 is 1.30 bits per heavy atom. The average molecular weight is 299 g/mol. The van der Waals surface area contributed by atoms with E-state index in [0.717, 1.165) is 17.7 Å². The van der Waals surface area contributed by atoms with E-state index in [0.29, 0.717) is 30.2 Å². The zero-order valence-corrected chi connectivity index (χ0v) is 13.0. The largest absolute Gasteiger partial charge is 0.494 e. The van der Waals surface area contributed by atoms with E-state index in [-0.39, 0.29) is 6.73 Å². The number of rotatable bonds is 4. The molecule has 1 saturated heterocycles. The lowest BCUT2D eigenvalue weighted by Gasteiger charge is -2.27. The Kier molecular flexibility index (Phi) is 4.67. The lowest BCUT2D eigenvalue weighted by Crippen LogP contribution is -2.38. The molecule has 1 heterocycles. The molecule has 0 saturated carbocycles. The van der Waals surface area contributed by atoms with E-state index < -0.39 is 10.0 Å². The summed E-state index contributed by atoms with van der Waals surface area (Å²) in [6.07, 6.45) is 0.730. The third-order valence-corrected chi connectivity index (χ3v) is 5.29. The molecule has 5 nitrogen and oxygen atoms in total. The first kappa shape index (κ1) is 15.3. The van der Waals surface area contributed by atoms with Gasteiger partial charge >= 0.3 is 0 Å². The predicted molar refractivity (Wildman–Crippen MR) is 76.4 cm³/mol. The minimum atomic E-state index is -3.49. The third-order valence-electron chi connectivity index (χ3n) is 3.32. The molecular weight excluding hydrogens is 278 g/mol. The Hall–Kier alpha value is -1.11. The van der Waals surface area contributed by atoms with Gasteiger partial charge in [0.2, 0.25) is 10.0 Å². The van der Waals surface area contributed by atoms with Crippen molar-refractivity contribution in [3.63, 3.8) is 0 Å². The normalized spacial score (nSPS) is 17.1. The monoisotopic (exact) mass is 299 g/mol. The fourth-order valence-corrected chi connectivity index (χ4v) is 3.91. The maximum Gasteiger partial charge on any atom is 0.245 e. The molecule has 1 aliphatic rings. The highest BCUT2D eigenvalue weighted by molar-refractivity contribution is 7.89. The van der Waals surface area contributed by atoms with Crippen LogP contribution in [-0.4, -0.2) is 39.2 Å². The molecule has 0 bridgehead atoms. The van der Waals surface area contributed by atoms with Crippen LogP contribution < -0.4 is 4.74 Å². The molecule has 0 amide bonds. The van der Waals surface area contributed by atoms with E-state index in [2.05, 4.69) is 0 Å². The Balaban J connectivity index is 2.38. The lowest BCUT2D eigenvalue weighted by atomic mass is 10.1. The maximum atomic E-state index is 12.6. The van der Waals surface area contributed by atoms with Crippen LogP contribution in [0.3, 0.4) is 0 Å². The summed E-state index contributed by atoms with van der Waals surface area (Å²) in [6.45, 7) is 7.38. The van der Waals surface area contributed by atoms with Gasteiger partial charge in [0.25, 0.3) is 0 Å². The summed E-state index contributed by atoms with van der Waals surface area (Å²) < 4.78 is 37.4. The van der Waals surface area contributed by atoms with Gasteiger partial charge in [-0.05, 0) is 50.5 Å². The number of ether oxygens (including phenoxy) is 2. The predicted octanol–water partition coefficient (Wildman–Crippen LogP) is 2.07. The molecule has 6 heteroatoms. The molecule has 0 aliphatic carbocycles. The van der Waals surface area contributed by atoms with Gasteiger partial charge in [0, 0.05) is 13.2 Å². The van der Waals surface area contributed by atoms with E-state index in [1.165, 1.54) is 4.31 Å². The van der Waals surface area contributed by atoms with Crippen LogP contribution in [0.15, 0.2) is 17.0 Å². The summed E-state index contributed by atoms with van der Waals surface area (Å²) in [5, 5.41) is 0. The van der Waals surface area contributed by atoms with E-state index in [4.69, 9.17) is 9.47 Å². The quantitative estimate of drug-likeness (QED) is 0.854. The lowest BCUT2D eigenvalue weighted by molar-refractivity contribution is 0.0313. The summed E-state index contributed by atoms with van der Waals surface area (Å²) in [5.74, 6) is 0.735. The first-order valence-corrected chi connectivity index (χ1v) is 8.22. The van der Waals surface area contributed by atoms with Crippen molar-refractivity contribution in [1.82, 2.24) is 4.31 Å². The van der Waals surface area contributed by atoms with Crippen LogP contribution in [0.1, 0.15) is 24.5 Å². The smallest absolute Gasteiger partial charge is 0.245 e. The Bertz CT molecular complexity index is 577. The molecule has 1 fully saturated rings. The van der Waals surface area contributed by atoms with Gasteiger partial charge in [-0.1, -0.05) is 0 Å². The van der Waals surface area contributed by atoms with Crippen LogP contribution in [0, 0.1) is 13.8 Å². The maximum absolute atomic E-state index is 12.6. The summed E-state index contributed by atoms with van der Waals surface area (Å²) in [7, 11) is -3.49. The standard InChI is InChI=1S/C14H21NO4S/c1-4-19-13-8-12(3)14(9-11(13)2)20(16,17)15-6-5-7-18-10-15/h8-9H,4-7,10H2,1-3H3. The number of hydrogen-bond acceptors (Lipinski definition) is 4. The molecule has 2 rings (SSSR count). The molecular formula is C14H21NO4S. The van der Waals surface area contributed by atoms with Crippen LogP contribution in [0.5, 0.6) is 5.75 Å². The van der Waals surface area contributed by atoms with E-state index in [1.54, 1.807) is 19.1 Å². The van der Waals surface area contributed by atoms with Crippen molar-refractivity contribution in [2.24, 2.45) is 0 Å². The molecule has 1 aromatic rings. The number of benzene rings is 1. The minimum Gasteiger partial charge on any atom is -0.494 e. The van der Waals surface area contributed by atoms with Gasteiger partial charge in [0.1, 0.15) is 12.5 Å². The molecule has 1 aromatic carbocycles. The second-order valence-corrected chi connectivity index (χ2v) is 6.79. The molecule has 1 aliphatic heterocycles. The van der Waals surface area contributed by atoms with Crippen molar-refractivity contribution < 1.29 is 17.9 Å². The third kappa shape index (κ3) is 2.97. The number of hydrogen-bond donors (Lipinski definition) is 0. The Morgan fingerprint density at radius 2 is 2.05 bits per heavy atom. The summed E-state index contributed by atoms with van der Waals surface area (Å²) in [5.41, 5.74) is 1.53. The van der Waals surface area contributed by atoms with Crippen LogP contribution >= 0.6 is 0 Å². The highest BCUT2D eigenvalue weighted by atomic mass is 32.2. The first-order valence-electron chi connectivity index (χ1n) is 6.78. The molecule has 0 unspecified atom stereocenters. The molecule has 112 valence electrons. The molecule has 0 spiro atoms. The van der Waals surface area contributed by atoms with E-state index in [9.17, 15) is 8.42 Å². The second kappa shape index (κ2) is 6.11. The summed E-state index contributed by atoms with van der Waals surface area (Å²) >= 11 is 0. The van der Waals surface area contributed by atoms with Gasteiger partial charge in [-0.25, -0.2) is 8.42 Å². The van der Waals surface area contributed by atoms with Gasteiger partial charge in [-0.15, -0.1) is 0 Å². The highest BCUT2D eigenvalue weighted by Crippen LogP contribution is 2.28. The van der Waals surface area contributed by atoms with E-state index in [1.807, 2.05) is 13.8 Å². The Labute approximate surface area is 120 Å². The average Bonchev–Trinajstić information content (AvgIpc) is 2.43. The van der Waals surface area contributed by atoms with Crippen molar-refractivity contribution in [2.45, 2.75) is 32.1 Å². The molecule has 0 radical (unpaired) electrons. The van der Waals surface area contributed by atoms with Gasteiger partial charge in [0.05, 0.1) is 11.5 Å². The van der Waals surface area contributed by atoms with Gasteiger partial charge in [-0.2, -0.15) is 4.31 Å². The van der Waals surface area contributed by atoms with Crippen molar-refractivity contribution in [3.05, 3.63) is 23.3 Å². The highest BCUT2D eigenvalue weighted by Gasteiger charge is 2.28. The van der Waals surface area contributed by atoms with E-state index >= 15 is 0 Å². The zero-order chi connectivity index (χ0) is 14.8. The second-order valence-electron chi connectivity index (χ2n) is 4.89. The van der Waals surface area contributed by atoms with Crippen LogP contribution in [0.2, 0.25) is 0 Å². The fourth-order valence-electron chi connectivity index (χ4n) is 2.25. The van der Waals surface area contributed by atoms with Crippen molar-refractivity contribution >= 4 is 10.0 Å². The van der Waals surface area contributed by atoms with Crippen molar-refractivity contribution in [1.29, 1.82) is 0 Å². The van der Waals surface area contributed by atoms with Crippen LogP contribution in [0.25, 0.3) is 0 Å². The Morgan fingerprint density at radius 3 is 2.65 bits per heavy atom. The number of sulfonamides is 1. The van der Waals surface area contributed by atoms with Crippen LogP contribution in [0.4, 0.5) is 0 Å². The molecule has 0 aromatic heterocycles. The summed E-state index contributed by atoms with van der Waals surface area (Å²) in [4.78, 5) is 0.337. The van der Waals surface area contributed by atoms with Gasteiger partial charge in [0.15, 0.2) is 0 Å². The van der Waals surface area contributed by atoms with Gasteiger partial charge in [-0.3, -0.25) is 0 Å². The first-order chi connectivity index (χ1) is 9.46. The fraction of sp³-hybridized carbons (Fsp3) is 0.571. The molecule has 20 heavy (non-hydrogen) atoms. The number of aryl methyl sites for hydroxylation is 2. The summed E-state index contributed by atoms with van der Waals surface area (Å²) in [6, 6.07) is 3.47.